The normalized spacial score (nSPS) is 23.4. The summed E-state index contributed by atoms with van der Waals surface area (Å²) in [5, 5.41) is 81.2. The second-order valence-corrected chi connectivity index (χ2v) is 19.5. The van der Waals surface area contributed by atoms with E-state index in [1.807, 2.05) is 43.6 Å². The molecule has 4 aromatic carbocycles. The fourth-order valence-electron chi connectivity index (χ4n) is 11.5. The average molecular weight is 929 g/mol. The molecule has 5 aromatic rings. The first kappa shape index (κ1) is 48.3. The number of aliphatic hydroxyl groups is 2. The molecule has 3 aliphatic rings. The molecule has 1 aromatic heterocycles. The Morgan fingerprint density at radius 1 is 0.956 bits per heavy atom. The lowest BCUT2D eigenvalue weighted by molar-refractivity contribution is -0.134. The molecule has 7 atom stereocenters. The number of benzene rings is 4. The van der Waals surface area contributed by atoms with Gasteiger partial charge in [0.05, 0.1) is 31.8 Å². The van der Waals surface area contributed by atoms with Crippen molar-refractivity contribution in [1.29, 1.82) is 0 Å². The van der Waals surface area contributed by atoms with E-state index in [1.165, 1.54) is 13.2 Å². The lowest BCUT2D eigenvalue weighted by atomic mass is 9.57. The van der Waals surface area contributed by atoms with E-state index >= 15 is 4.79 Å². The van der Waals surface area contributed by atoms with Crippen LogP contribution in [0.4, 0.5) is 5.69 Å². The number of methoxy groups -OCH3 is 1. The van der Waals surface area contributed by atoms with Crippen LogP contribution in [0, 0.1) is 23.2 Å². The number of aliphatic hydroxyl groups excluding tert-OH is 2. The van der Waals surface area contributed by atoms with Crippen LogP contribution in [0.15, 0.2) is 103 Å². The predicted molar refractivity (Wildman–Crippen MR) is 265 cm³/mol. The maximum Gasteiger partial charge on any atom is 0.200 e. The summed E-state index contributed by atoms with van der Waals surface area (Å²) in [5.74, 6) is -1.47. The molecule has 13 heteroatoms. The summed E-state index contributed by atoms with van der Waals surface area (Å²) in [4.78, 5) is 19.5. The first-order valence-electron chi connectivity index (χ1n) is 24.2. The topological polar surface area (TPSA) is 209 Å². The molecule has 10 N–H and O–H groups in total. The third kappa shape index (κ3) is 10.2. The number of ether oxygens (including phenoxy) is 2. The molecule has 0 saturated heterocycles. The van der Waals surface area contributed by atoms with Crippen LogP contribution >= 0.6 is 0 Å². The Labute approximate surface area is 398 Å². The molecule has 13 nitrogen and oxygen atoms in total. The summed E-state index contributed by atoms with van der Waals surface area (Å²) in [7, 11) is 3.38. The second kappa shape index (κ2) is 21.0. The van der Waals surface area contributed by atoms with Crippen molar-refractivity contribution in [3.8, 4) is 34.5 Å². The number of anilines is 1. The number of aromatic hydroxyl groups is 4. The fraction of sp³-hybridized carbons (Fsp3) is 0.436. The van der Waals surface area contributed by atoms with Crippen LogP contribution in [0.1, 0.15) is 93.0 Å². The monoisotopic (exact) mass is 928 g/mol. The number of hydrogen-bond acceptors (Lipinski definition) is 12. The van der Waals surface area contributed by atoms with Crippen LogP contribution in [0.3, 0.4) is 0 Å². The van der Waals surface area contributed by atoms with Crippen molar-refractivity contribution in [2.24, 2.45) is 23.2 Å². The molecular formula is C55H68N4O9. The van der Waals surface area contributed by atoms with Crippen LogP contribution in [-0.2, 0) is 17.6 Å². The zero-order valence-corrected chi connectivity index (χ0v) is 39.6. The average Bonchev–Trinajstić information content (AvgIpc) is 3.96. The van der Waals surface area contributed by atoms with Gasteiger partial charge in [-0.05, 0) is 170 Å². The zero-order valence-electron chi connectivity index (χ0n) is 39.6. The molecule has 0 amide bonds. The number of dihydropyridines is 1. The highest BCUT2D eigenvalue weighted by Crippen LogP contribution is 2.58. The van der Waals surface area contributed by atoms with Crippen LogP contribution in [-0.4, -0.2) is 87.5 Å². The molecule has 8 rings (SSSR count). The molecule has 1 saturated carbocycles. The van der Waals surface area contributed by atoms with Gasteiger partial charge in [0.15, 0.2) is 23.0 Å². The fourth-order valence-corrected chi connectivity index (χ4v) is 11.5. The number of allylic oxidation sites excluding steroid dienone is 2. The van der Waals surface area contributed by atoms with E-state index in [4.69, 9.17) is 9.47 Å². The first-order valence-corrected chi connectivity index (χ1v) is 24.2. The number of phenolic OH excluding ortho intramolecular Hbond substituents is 4. The number of nitrogens with one attached hydrogen (secondary N) is 4. The lowest BCUT2D eigenvalue weighted by Crippen LogP contribution is -2.50. The summed E-state index contributed by atoms with van der Waals surface area (Å²) in [6.07, 6.45) is 7.89. The van der Waals surface area contributed by atoms with Crippen LogP contribution in [0.25, 0.3) is 10.8 Å². The third-order valence-electron chi connectivity index (χ3n) is 14.7. The Balaban J connectivity index is 1.33. The molecule has 0 unspecified atom stereocenters. The van der Waals surface area contributed by atoms with Gasteiger partial charge in [0.2, 0.25) is 5.75 Å². The van der Waals surface area contributed by atoms with E-state index in [9.17, 15) is 30.6 Å². The molecule has 3 heterocycles. The van der Waals surface area contributed by atoms with Crippen molar-refractivity contribution in [3.05, 3.63) is 125 Å². The third-order valence-corrected chi connectivity index (χ3v) is 14.7. The molecule has 1 aliphatic carbocycles. The van der Waals surface area contributed by atoms with Crippen LogP contribution in [0.2, 0.25) is 0 Å². The van der Waals surface area contributed by atoms with E-state index in [-0.39, 0.29) is 53.3 Å². The van der Waals surface area contributed by atoms with Gasteiger partial charge < -0.3 is 61.0 Å². The number of likely N-dealkylation sites (N-methyl/N-ethyl adjacent to an activating group) is 1. The van der Waals surface area contributed by atoms with Crippen molar-refractivity contribution in [2.75, 3.05) is 39.2 Å². The second-order valence-electron chi connectivity index (χ2n) is 19.5. The number of ketones is 1. The number of Topliss-reactive ketones (excluding diaryl/α,β-unsaturated/α-hetero) is 1. The van der Waals surface area contributed by atoms with Crippen molar-refractivity contribution in [2.45, 2.75) is 95.7 Å². The molecule has 2 bridgehead atoms. The summed E-state index contributed by atoms with van der Waals surface area (Å²) in [6.45, 7) is 5.52. The van der Waals surface area contributed by atoms with Gasteiger partial charge in [0.1, 0.15) is 17.4 Å². The number of aromatic amines is 1. The SMILES string of the molecule is CNC[C@@H]1C[C@@H](c2cc(O)c(O)c(OCCCC(C)C)c2)CC(=O)[C@@H]([C@H](O)CCc2ccc(O)c(OC)c2)[C@@]2(CC[C@H](O)[C@@H]2Cc2ccc[nH]2)C2=CCNC(=C2)Nc2ccc3cc(O)ccc3c21. The maximum atomic E-state index is 16.2. The predicted octanol–water partition coefficient (Wildman–Crippen LogP) is 8.66. The largest absolute Gasteiger partial charge is 0.508 e. The Bertz CT molecular complexity index is 2630. The minimum atomic E-state index is -1.18. The van der Waals surface area contributed by atoms with Gasteiger partial charge >= 0.3 is 0 Å². The number of carbonyl (C=O) groups is 1. The minimum absolute atomic E-state index is 0.00242. The van der Waals surface area contributed by atoms with E-state index in [0.717, 1.165) is 51.7 Å². The summed E-state index contributed by atoms with van der Waals surface area (Å²) >= 11 is 0. The van der Waals surface area contributed by atoms with Gasteiger partial charge in [0.25, 0.3) is 0 Å². The van der Waals surface area contributed by atoms with E-state index in [1.54, 1.807) is 36.4 Å². The smallest absolute Gasteiger partial charge is 0.200 e. The van der Waals surface area contributed by atoms with Crippen molar-refractivity contribution >= 4 is 22.2 Å². The molecule has 0 radical (unpaired) electrons. The van der Waals surface area contributed by atoms with Crippen molar-refractivity contribution < 1.29 is 44.9 Å². The number of fused-ring (bicyclic) bond motifs is 5. The standard InChI is InChI=1S/C55H68N4O9/c1-32(2)7-6-22-68-50-28-36(27-48(65)54(50)66)35-24-37(31-56-3)52-41-13-12-40(60)25-34(41)11-14-43(52)59-51-29-38(18-21-58-51)55(19-17-44(61)42(55)30-39-8-5-20-57-39)53(47(64)26-35)46(63)16-10-33-9-15-45(62)49(23-33)67-4/h5,8-9,11-15,18,20,23,25,27-29,32,35,37,42,44,46,53,56-63,65-66H,6-7,10,16-17,19,21-22,24,26,30-31H2,1-4H3/t35-,37+,42+,44+,46-,53-,55+/m1/s1. The Hall–Kier alpha value is -6.15. The molecule has 1 spiro atoms. The number of carbonyl (C=O) groups excluding carboxylic acids is 1. The number of H-pyrrole nitrogens is 1. The summed E-state index contributed by atoms with van der Waals surface area (Å²) in [5.41, 5.74) is 3.94. The number of phenols is 4. The Morgan fingerprint density at radius 3 is 2.56 bits per heavy atom. The van der Waals surface area contributed by atoms with Crippen molar-refractivity contribution in [1.82, 2.24) is 15.6 Å². The highest BCUT2D eigenvalue weighted by atomic mass is 16.5. The molecule has 68 heavy (non-hydrogen) atoms. The Morgan fingerprint density at radius 2 is 1.79 bits per heavy atom. The van der Waals surface area contributed by atoms with E-state index in [0.29, 0.717) is 74.9 Å². The highest BCUT2D eigenvalue weighted by molar-refractivity contribution is 5.92. The van der Waals surface area contributed by atoms with Gasteiger partial charge in [-0.2, -0.15) is 0 Å². The van der Waals surface area contributed by atoms with Gasteiger partial charge in [-0.25, -0.2) is 0 Å². The Kier molecular flexibility index (Phi) is 14.9. The van der Waals surface area contributed by atoms with Gasteiger partial charge in [-0.15, -0.1) is 0 Å². The van der Waals surface area contributed by atoms with E-state index in [2.05, 4.69) is 46.9 Å². The first-order chi connectivity index (χ1) is 32.8. The van der Waals surface area contributed by atoms with Crippen molar-refractivity contribution in [3.63, 3.8) is 0 Å². The van der Waals surface area contributed by atoms with Gasteiger partial charge in [-0.1, -0.05) is 38.1 Å². The van der Waals surface area contributed by atoms with E-state index < -0.39 is 35.4 Å². The zero-order chi connectivity index (χ0) is 48.1. The number of aryl methyl sites for hydroxylation is 1. The van der Waals surface area contributed by atoms with Crippen LogP contribution < -0.4 is 25.4 Å². The summed E-state index contributed by atoms with van der Waals surface area (Å²) in [6, 6.07) is 21.6. The van der Waals surface area contributed by atoms with Crippen LogP contribution in [0.5, 0.6) is 34.5 Å². The minimum Gasteiger partial charge on any atom is -0.508 e. The lowest BCUT2D eigenvalue weighted by Gasteiger charge is -2.46. The molecular weight excluding hydrogens is 861 g/mol. The maximum absolute atomic E-state index is 16.2. The summed E-state index contributed by atoms with van der Waals surface area (Å²) < 4.78 is 11.6. The number of aromatic nitrogens is 1. The number of rotatable bonds is 15. The molecule has 1 fully saturated rings. The van der Waals surface area contributed by atoms with Gasteiger partial charge in [0, 0.05) is 48.4 Å². The van der Waals surface area contributed by atoms with Gasteiger partial charge in [-0.3, -0.25) is 4.79 Å². The number of hydrogen-bond donors (Lipinski definition) is 10. The molecule has 2 aliphatic heterocycles. The molecule has 362 valence electrons. The quantitative estimate of drug-likeness (QED) is 0.0354. The highest BCUT2D eigenvalue weighted by Gasteiger charge is 2.58.